The minimum atomic E-state index is -4.19. The van der Waals surface area contributed by atoms with E-state index in [2.05, 4.69) is 6.58 Å². The lowest BCUT2D eigenvalue weighted by atomic mass is 9.93. The molecule has 0 saturated carbocycles. The number of rotatable bonds is 5. The Labute approximate surface area is 174 Å². The summed E-state index contributed by atoms with van der Waals surface area (Å²) in [4.78, 5) is -0.420. The number of sulfone groups is 1. The zero-order valence-electron chi connectivity index (χ0n) is 16.5. The van der Waals surface area contributed by atoms with Crippen LogP contribution in [0.5, 0.6) is 5.75 Å². The van der Waals surface area contributed by atoms with Crippen molar-refractivity contribution < 1.29 is 22.3 Å². The highest BCUT2D eigenvalue weighted by Crippen LogP contribution is 2.36. The van der Waals surface area contributed by atoms with Gasteiger partial charge in [0.25, 0.3) is 0 Å². The van der Waals surface area contributed by atoms with E-state index in [1.807, 2.05) is 0 Å². The van der Waals surface area contributed by atoms with E-state index in [1.165, 1.54) is 61.5 Å². The van der Waals surface area contributed by atoms with Gasteiger partial charge in [0.05, 0.1) is 9.80 Å². The Balaban J connectivity index is 2.41. The van der Waals surface area contributed by atoms with Crippen LogP contribution in [0.1, 0.15) is 22.3 Å². The molecule has 154 valence electrons. The summed E-state index contributed by atoms with van der Waals surface area (Å²) < 4.78 is 55.3. The summed E-state index contributed by atoms with van der Waals surface area (Å²) in [6.07, 6.45) is 1.17. The molecule has 3 rings (SSSR count). The average Bonchev–Trinajstić information content (AvgIpc) is 2.71. The van der Waals surface area contributed by atoms with Crippen LogP contribution < -0.4 is 0 Å². The molecule has 0 heterocycles. The highest BCUT2D eigenvalue weighted by molar-refractivity contribution is 7.95. The van der Waals surface area contributed by atoms with Crippen molar-refractivity contribution in [3.8, 4) is 5.75 Å². The van der Waals surface area contributed by atoms with Gasteiger partial charge >= 0.3 is 0 Å². The van der Waals surface area contributed by atoms with E-state index in [1.54, 1.807) is 13.0 Å². The van der Waals surface area contributed by atoms with Gasteiger partial charge in [-0.25, -0.2) is 17.2 Å². The van der Waals surface area contributed by atoms with Crippen molar-refractivity contribution in [1.82, 2.24) is 0 Å². The van der Waals surface area contributed by atoms with Crippen molar-refractivity contribution in [1.29, 1.82) is 0 Å². The largest absolute Gasteiger partial charge is 0.508 e. The van der Waals surface area contributed by atoms with Crippen LogP contribution in [0.3, 0.4) is 0 Å². The van der Waals surface area contributed by atoms with Crippen molar-refractivity contribution in [2.24, 2.45) is 0 Å². The van der Waals surface area contributed by atoms with E-state index in [0.29, 0.717) is 16.7 Å². The van der Waals surface area contributed by atoms with Crippen LogP contribution in [0.4, 0.5) is 8.78 Å². The molecule has 0 spiro atoms. The molecule has 0 fully saturated rings. The number of hydrogen-bond donors (Lipinski definition) is 1. The third-order valence-electron chi connectivity index (χ3n) is 4.87. The monoisotopic (exact) mass is 426 g/mol. The van der Waals surface area contributed by atoms with Crippen LogP contribution in [-0.4, -0.2) is 13.5 Å². The fourth-order valence-corrected chi connectivity index (χ4v) is 4.63. The lowest BCUT2D eigenvalue weighted by molar-refractivity contribution is 0.475. The van der Waals surface area contributed by atoms with Gasteiger partial charge in [-0.2, -0.15) is 0 Å². The summed E-state index contributed by atoms with van der Waals surface area (Å²) in [5.41, 5.74) is 1.57. The van der Waals surface area contributed by atoms with Gasteiger partial charge in [0.15, 0.2) is 0 Å². The number of allylic oxidation sites excluding steroid dienone is 1. The Bertz CT molecular complexity index is 1260. The number of benzene rings is 3. The van der Waals surface area contributed by atoms with Crippen LogP contribution in [0.25, 0.3) is 5.57 Å². The number of halogens is 2. The van der Waals surface area contributed by atoms with E-state index in [0.717, 1.165) is 6.07 Å². The van der Waals surface area contributed by atoms with Crippen molar-refractivity contribution >= 4 is 15.4 Å². The van der Waals surface area contributed by atoms with Gasteiger partial charge in [-0.15, -0.1) is 0 Å². The summed E-state index contributed by atoms with van der Waals surface area (Å²) >= 11 is 0. The Morgan fingerprint density at radius 1 is 0.967 bits per heavy atom. The van der Waals surface area contributed by atoms with E-state index in [-0.39, 0.29) is 26.7 Å². The van der Waals surface area contributed by atoms with Crippen molar-refractivity contribution in [3.63, 3.8) is 0 Å². The second kappa shape index (κ2) is 8.24. The molecular formula is C24H20F2O3S. The lowest BCUT2D eigenvalue weighted by Gasteiger charge is -2.17. The Morgan fingerprint density at radius 2 is 1.63 bits per heavy atom. The quantitative estimate of drug-likeness (QED) is 0.532. The molecule has 0 amide bonds. The Hall–Kier alpha value is -3.25. The SMILES string of the molecule is C=C/C(=C(/c1ccc(O)cc1)c1cccc(F)c1C)S(=O)(=O)c1ccc(C)c(F)c1. The first kappa shape index (κ1) is 21.5. The fraction of sp³-hybridized carbons (Fsp3) is 0.0833. The molecule has 0 unspecified atom stereocenters. The number of aromatic hydroxyl groups is 1. The maximum Gasteiger partial charge on any atom is 0.207 e. The van der Waals surface area contributed by atoms with Gasteiger partial charge in [-0.1, -0.05) is 36.9 Å². The second-order valence-electron chi connectivity index (χ2n) is 6.82. The standard InChI is InChI=1S/C24H20F2O3S/c1-4-23(30(28,29)19-13-8-15(2)22(26)14-19)24(17-9-11-18(27)12-10-17)20-6-5-7-21(25)16(20)3/h4-14,27H,1H2,2-3H3/b24-23+. The van der Waals surface area contributed by atoms with Crippen LogP contribution in [0.2, 0.25) is 0 Å². The maximum atomic E-state index is 14.3. The van der Waals surface area contributed by atoms with Crippen molar-refractivity contribution in [2.45, 2.75) is 18.7 Å². The normalized spacial score (nSPS) is 12.4. The predicted molar refractivity (Wildman–Crippen MR) is 114 cm³/mol. The zero-order valence-corrected chi connectivity index (χ0v) is 17.3. The average molecular weight is 426 g/mol. The van der Waals surface area contributed by atoms with Gasteiger partial charge in [-0.3, -0.25) is 0 Å². The van der Waals surface area contributed by atoms with Crippen LogP contribution >= 0.6 is 0 Å². The Kier molecular flexibility index (Phi) is 5.89. The van der Waals surface area contributed by atoms with Gasteiger partial charge < -0.3 is 5.11 Å². The first-order valence-corrected chi connectivity index (χ1v) is 10.6. The third-order valence-corrected chi connectivity index (χ3v) is 6.69. The maximum absolute atomic E-state index is 14.3. The van der Waals surface area contributed by atoms with Crippen LogP contribution in [0.15, 0.2) is 83.1 Å². The first-order valence-electron chi connectivity index (χ1n) is 9.09. The molecule has 1 N–H and O–H groups in total. The molecule has 0 aliphatic heterocycles. The molecule has 0 atom stereocenters. The van der Waals surface area contributed by atoms with E-state index in [4.69, 9.17) is 0 Å². The smallest absolute Gasteiger partial charge is 0.207 e. The third kappa shape index (κ3) is 3.91. The zero-order chi connectivity index (χ0) is 22.1. The van der Waals surface area contributed by atoms with Crippen molar-refractivity contribution in [2.75, 3.05) is 0 Å². The second-order valence-corrected chi connectivity index (χ2v) is 8.74. The Morgan fingerprint density at radius 3 is 2.23 bits per heavy atom. The minimum absolute atomic E-state index is 0.00215. The summed E-state index contributed by atoms with van der Waals surface area (Å²) in [6, 6.07) is 13.9. The number of hydrogen-bond acceptors (Lipinski definition) is 3. The number of aryl methyl sites for hydroxylation is 1. The van der Waals surface area contributed by atoms with Crippen LogP contribution in [0, 0.1) is 25.5 Å². The molecule has 0 radical (unpaired) electrons. The first-order chi connectivity index (χ1) is 14.2. The van der Waals surface area contributed by atoms with Gasteiger partial charge in [0.2, 0.25) is 9.84 Å². The molecular weight excluding hydrogens is 406 g/mol. The number of phenolic OH excluding ortho intramolecular Hbond substituents is 1. The predicted octanol–water partition coefficient (Wildman–Crippen LogP) is 5.71. The van der Waals surface area contributed by atoms with Crippen LogP contribution in [-0.2, 0) is 9.84 Å². The molecule has 6 heteroatoms. The molecule has 0 aliphatic rings. The molecule has 0 aliphatic carbocycles. The molecule has 3 aromatic rings. The highest BCUT2D eigenvalue weighted by Gasteiger charge is 2.26. The lowest BCUT2D eigenvalue weighted by Crippen LogP contribution is -2.08. The molecule has 30 heavy (non-hydrogen) atoms. The molecule has 3 aromatic carbocycles. The molecule has 3 nitrogen and oxygen atoms in total. The molecule has 0 bridgehead atoms. The summed E-state index contributed by atoms with van der Waals surface area (Å²) in [6.45, 7) is 6.74. The van der Waals surface area contributed by atoms with E-state index >= 15 is 0 Å². The fourth-order valence-electron chi connectivity index (χ4n) is 3.15. The van der Waals surface area contributed by atoms with Crippen molar-refractivity contribution in [3.05, 3.63) is 112 Å². The highest BCUT2D eigenvalue weighted by atomic mass is 32.2. The topological polar surface area (TPSA) is 54.4 Å². The van der Waals surface area contributed by atoms with Gasteiger partial charge in [0, 0.05) is 5.57 Å². The molecule has 0 aromatic heterocycles. The van der Waals surface area contributed by atoms with Gasteiger partial charge in [0.1, 0.15) is 17.4 Å². The summed E-state index contributed by atoms with van der Waals surface area (Å²) in [5, 5.41) is 9.64. The molecule has 0 saturated heterocycles. The van der Waals surface area contributed by atoms with E-state index in [9.17, 15) is 22.3 Å². The van der Waals surface area contributed by atoms with E-state index < -0.39 is 21.5 Å². The summed E-state index contributed by atoms with van der Waals surface area (Å²) in [5.74, 6) is -1.14. The summed E-state index contributed by atoms with van der Waals surface area (Å²) in [7, 11) is -4.19. The van der Waals surface area contributed by atoms with Gasteiger partial charge in [-0.05, 0) is 72.5 Å². The number of phenols is 1. The minimum Gasteiger partial charge on any atom is -0.508 e.